The molecule has 3 rings (SSSR count). The molecular formula is C16H10ClFN5O3P. The van der Waals surface area contributed by atoms with Gasteiger partial charge in [-0.15, -0.1) is 0 Å². The fourth-order valence-corrected chi connectivity index (χ4v) is 2.67. The number of rotatable bonds is 6. The largest absolute Gasteiger partial charge is 0.338 e. The minimum atomic E-state index is -0.946. The fraction of sp³-hybridized carbons (Fsp3) is 0. The molecule has 0 spiro atoms. The standard InChI is InChI=1S/C16H10ClFN5O3P/c17-10-8-19-16(20-9-5-6-11(18)13(7-9)23(24)25)22-15(10)21-12-3-1-2-4-14(12)27-26/h1-8H,(H2,19,20,21,22). The molecule has 3 aromatic rings. The van der Waals surface area contributed by atoms with E-state index in [4.69, 9.17) is 11.6 Å². The average Bonchev–Trinajstić information content (AvgIpc) is 2.66. The maximum absolute atomic E-state index is 13.4. The van der Waals surface area contributed by atoms with Gasteiger partial charge in [-0.2, -0.15) is 9.37 Å². The molecule has 0 fully saturated rings. The lowest BCUT2D eigenvalue weighted by molar-refractivity contribution is -0.387. The molecule has 2 aromatic carbocycles. The SMILES string of the molecule is O=Pc1ccccc1Nc1nc(Nc2ccc(F)c([N+](=O)[O-])c2)ncc1Cl. The molecule has 0 aliphatic carbocycles. The molecule has 136 valence electrons. The summed E-state index contributed by atoms with van der Waals surface area (Å²) in [5.41, 5.74) is 0.101. The lowest BCUT2D eigenvalue weighted by Crippen LogP contribution is -2.06. The van der Waals surface area contributed by atoms with Crippen molar-refractivity contribution < 1.29 is 13.9 Å². The molecule has 0 unspecified atom stereocenters. The van der Waals surface area contributed by atoms with E-state index in [-0.39, 0.29) is 30.9 Å². The maximum atomic E-state index is 13.4. The summed E-state index contributed by atoms with van der Waals surface area (Å²) in [4.78, 5) is 18.2. The minimum absolute atomic E-state index is 0.0833. The number of hydrogen-bond donors (Lipinski definition) is 2. The summed E-state index contributed by atoms with van der Waals surface area (Å²) < 4.78 is 24.7. The van der Waals surface area contributed by atoms with Gasteiger partial charge in [-0.1, -0.05) is 23.7 Å². The zero-order valence-corrected chi connectivity index (χ0v) is 15.0. The number of hydrogen-bond acceptors (Lipinski definition) is 7. The van der Waals surface area contributed by atoms with E-state index in [0.29, 0.717) is 11.0 Å². The van der Waals surface area contributed by atoms with Gasteiger partial charge < -0.3 is 10.6 Å². The van der Waals surface area contributed by atoms with E-state index in [1.807, 2.05) is 0 Å². The summed E-state index contributed by atoms with van der Waals surface area (Å²) in [5, 5.41) is 17.3. The second-order valence-corrected chi connectivity index (χ2v) is 6.24. The van der Waals surface area contributed by atoms with Crippen LogP contribution in [0.4, 0.5) is 33.2 Å². The zero-order chi connectivity index (χ0) is 19.4. The van der Waals surface area contributed by atoms with E-state index in [2.05, 4.69) is 20.6 Å². The molecular weight excluding hydrogens is 396 g/mol. The minimum Gasteiger partial charge on any atom is -0.338 e. The highest BCUT2D eigenvalue weighted by Gasteiger charge is 2.15. The van der Waals surface area contributed by atoms with Crippen molar-refractivity contribution >= 4 is 54.2 Å². The molecule has 1 heterocycles. The fourth-order valence-electron chi connectivity index (χ4n) is 2.16. The molecule has 27 heavy (non-hydrogen) atoms. The molecule has 11 heteroatoms. The molecule has 0 atom stereocenters. The third kappa shape index (κ3) is 4.33. The Morgan fingerprint density at radius 2 is 1.96 bits per heavy atom. The lowest BCUT2D eigenvalue weighted by Gasteiger charge is -2.11. The molecule has 1 aromatic heterocycles. The van der Waals surface area contributed by atoms with Crippen molar-refractivity contribution in [1.29, 1.82) is 0 Å². The number of halogens is 2. The molecule has 0 aliphatic rings. The summed E-state index contributed by atoms with van der Waals surface area (Å²) in [6, 6.07) is 10.2. The van der Waals surface area contributed by atoms with E-state index >= 15 is 0 Å². The van der Waals surface area contributed by atoms with Crippen LogP contribution in [0.1, 0.15) is 0 Å². The highest BCUT2D eigenvalue weighted by atomic mass is 35.5. The summed E-state index contributed by atoms with van der Waals surface area (Å²) in [5.74, 6) is -0.625. The number of nitrogens with zero attached hydrogens (tertiary/aromatic N) is 3. The number of anilines is 4. The zero-order valence-electron chi connectivity index (χ0n) is 13.4. The molecule has 0 saturated heterocycles. The van der Waals surface area contributed by atoms with Crippen molar-refractivity contribution in [1.82, 2.24) is 9.97 Å². The number of benzene rings is 2. The Bertz CT molecular complexity index is 1040. The predicted molar refractivity (Wildman–Crippen MR) is 100 cm³/mol. The van der Waals surface area contributed by atoms with Crippen LogP contribution in [0, 0.1) is 15.9 Å². The number of nitrogens with one attached hydrogen (secondary N) is 2. The van der Waals surface area contributed by atoms with Crippen LogP contribution >= 0.6 is 20.1 Å². The predicted octanol–water partition coefficient (Wildman–Crippen LogP) is 4.58. The first-order chi connectivity index (χ1) is 13.0. The Labute approximate surface area is 158 Å². The van der Waals surface area contributed by atoms with Crippen LogP contribution in [0.25, 0.3) is 0 Å². The van der Waals surface area contributed by atoms with Crippen molar-refractivity contribution in [2.24, 2.45) is 0 Å². The summed E-state index contributed by atoms with van der Waals surface area (Å²) in [6.45, 7) is 0. The first-order valence-corrected chi connectivity index (χ1v) is 8.60. The van der Waals surface area contributed by atoms with Gasteiger partial charge in [0.1, 0.15) is 5.02 Å². The van der Waals surface area contributed by atoms with Gasteiger partial charge in [0.15, 0.2) is 14.3 Å². The summed E-state index contributed by atoms with van der Waals surface area (Å²) in [6.07, 6.45) is 1.33. The first-order valence-electron chi connectivity index (χ1n) is 7.41. The Balaban J connectivity index is 1.88. The van der Waals surface area contributed by atoms with Crippen molar-refractivity contribution in [3.63, 3.8) is 0 Å². The molecule has 0 aliphatic heterocycles. The van der Waals surface area contributed by atoms with E-state index in [1.54, 1.807) is 24.3 Å². The first kappa shape index (κ1) is 18.6. The van der Waals surface area contributed by atoms with Crippen LogP contribution in [0.15, 0.2) is 48.7 Å². The highest BCUT2D eigenvalue weighted by molar-refractivity contribution is 7.34. The quantitative estimate of drug-likeness (QED) is 0.351. The third-order valence-corrected chi connectivity index (χ3v) is 4.26. The number of nitro benzene ring substituents is 1. The van der Waals surface area contributed by atoms with Gasteiger partial charge in [-0.05, 0) is 24.3 Å². The van der Waals surface area contributed by atoms with Crippen LogP contribution in [0.5, 0.6) is 0 Å². The maximum Gasteiger partial charge on any atom is 0.306 e. The molecule has 8 nitrogen and oxygen atoms in total. The van der Waals surface area contributed by atoms with E-state index in [0.717, 1.165) is 12.1 Å². The van der Waals surface area contributed by atoms with Crippen LogP contribution in [-0.4, -0.2) is 14.9 Å². The van der Waals surface area contributed by atoms with Crippen molar-refractivity contribution in [2.75, 3.05) is 10.6 Å². The molecule has 0 saturated carbocycles. The van der Waals surface area contributed by atoms with Crippen molar-refractivity contribution in [3.8, 4) is 0 Å². The number of para-hydroxylation sites is 1. The lowest BCUT2D eigenvalue weighted by atomic mass is 10.2. The molecule has 0 amide bonds. The Hall–Kier alpha value is -3.16. The van der Waals surface area contributed by atoms with Gasteiger partial charge in [0.2, 0.25) is 11.8 Å². The summed E-state index contributed by atoms with van der Waals surface area (Å²) in [7, 11) is -0.174. The van der Waals surface area contributed by atoms with E-state index in [9.17, 15) is 19.1 Å². The second-order valence-electron chi connectivity index (χ2n) is 5.17. The normalized spacial score (nSPS) is 10.6. The van der Waals surface area contributed by atoms with Gasteiger partial charge >= 0.3 is 5.69 Å². The van der Waals surface area contributed by atoms with Crippen LogP contribution in [0.2, 0.25) is 5.02 Å². The smallest absolute Gasteiger partial charge is 0.306 e. The second kappa shape index (κ2) is 8.03. The molecule has 2 N–H and O–H groups in total. The Morgan fingerprint density at radius 1 is 1.19 bits per heavy atom. The number of nitro groups is 1. The van der Waals surface area contributed by atoms with Gasteiger partial charge in [0.05, 0.1) is 22.1 Å². The Morgan fingerprint density at radius 3 is 2.70 bits per heavy atom. The van der Waals surface area contributed by atoms with Gasteiger partial charge in [0, 0.05) is 11.8 Å². The van der Waals surface area contributed by atoms with Crippen LogP contribution in [0.3, 0.4) is 0 Å². The molecule has 0 bridgehead atoms. The third-order valence-electron chi connectivity index (χ3n) is 3.40. The highest BCUT2D eigenvalue weighted by Crippen LogP contribution is 2.27. The average molecular weight is 406 g/mol. The van der Waals surface area contributed by atoms with Crippen molar-refractivity contribution in [2.45, 2.75) is 0 Å². The number of aromatic nitrogens is 2. The molecule has 0 radical (unpaired) electrons. The summed E-state index contributed by atoms with van der Waals surface area (Å²) >= 11 is 6.10. The topological polar surface area (TPSA) is 110 Å². The van der Waals surface area contributed by atoms with Crippen molar-refractivity contribution in [3.05, 3.63) is 69.6 Å². The van der Waals surface area contributed by atoms with Crippen LogP contribution < -0.4 is 15.9 Å². The van der Waals surface area contributed by atoms with Gasteiger partial charge in [0.25, 0.3) is 0 Å². The van der Waals surface area contributed by atoms with Gasteiger partial charge in [-0.3, -0.25) is 14.7 Å². The van der Waals surface area contributed by atoms with E-state index in [1.165, 1.54) is 12.3 Å². The van der Waals surface area contributed by atoms with E-state index < -0.39 is 16.4 Å². The monoisotopic (exact) mass is 405 g/mol. The van der Waals surface area contributed by atoms with Gasteiger partial charge in [-0.25, -0.2) is 4.98 Å². The van der Waals surface area contributed by atoms with Crippen LogP contribution in [-0.2, 0) is 4.57 Å². The Kier molecular flexibility index (Phi) is 5.54.